The van der Waals surface area contributed by atoms with Gasteiger partial charge in [0, 0.05) is 16.8 Å². The third kappa shape index (κ3) is 1.75. The van der Waals surface area contributed by atoms with Crippen LogP contribution in [0.3, 0.4) is 0 Å². The van der Waals surface area contributed by atoms with Crippen LogP contribution in [0.25, 0.3) is 11.1 Å². The number of aldehydes is 1. The molecule has 0 aliphatic carbocycles. The molecule has 2 aromatic rings. The number of carbonyl (C=O) groups is 1. The summed E-state index contributed by atoms with van der Waals surface area (Å²) >= 11 is 0. The van der Waals surface area contributed by atoms with Crippen LogP contribution < -0.4 is 5.73 Å². The lowest BCUT2D eigenvalue weighted by atomic mass is 9.99. The molecule has 0 aliphatic rings. The summed E-state index contributed by atoms with van der Waals surface area (Å²) < 4.78 is 0. The molecule has 2 aromatic carbocycles. The fraction of sp³-hybridized carbons (Fsp3) is 0. The lowest BCUT2D eigenvalue weighted by molar-refractivity contribution is 0.112. The number of phenolic OH excluding ortho intramolecular Hbond substituents is 1. The molecule has 3 nitrogen and oxygen atoms in total. The zero-order valence-electron chi connectivity index (χ0n) is 8.55. The predicted octanol–water partition coefficient (Wildman–Crippen LogP) is 2.45. The summed E-state index contributed by atoms with van der Waals surface area (Å²) in [5.74, 6) is 0.114. The second-order valence-electron chi connectivity index (χ2n) is 3.48. The van der Waals surface area contributed by atoms with Gasteiger partial charge in [0.1, 0.15) is 5.75 Å². The molecule has 0 spiro atoms. The number of aromatic hydroxyl groups is 1. The third-order valence-electron chi connectivity index (χ3n) is 2.40. The van der Waals surface area contributed by atoms with Crippen LogP contribution in [-0.4, -0.2) is 11.4 Å². The van der Waals surface area contributed by atoms with Crippen molar-refractivity contribution in [3.8, 4) is 16.9 Å². The van der Waals surface area contributed by atoms with Crippen LogP contribution >= 0.6 is 0 Å². The minimum absolute atomic E-state index is 0.114. The predicted molar refractivity (Wildman–Crippen MR) is 63.3 cm³/mol. The molecule has 0 saturated heterocycles. The smallest absolute Gasteiger partial charge is 0.150 e. The molecule has 0 radical (unpaired) electrons. The second kappa shape index (κ2) is 4.06. The number of carbonyl (C=O) groups excluding carboxylic acids is 1. The van der Waals surface area contributed by atoms with E-state index in [1.807, 2.05) is 6.07 Å². The maximum Gasteiger partial charge on any atom is 0.150 e. The van der Waals surface area contributed by atoms with E-state index in [-0.39, 0.29) is 5.75 Å². The van der Waals surface area contributed by atoms with E-state index >= 15 is 0 Å². The van der Waals surface area contributed by atoms with Crippen molar-refractivity contribution >= 4 is 12.0 Å². The van der Waals surface area contributed by atoms with Gasteiger partial charge < -0.3 is 10.8 Å². The molecular formula is C13H11NO2. The number of hydrogen-bond acceptors (Lipinski definition) is 3. The molecule has 0 fully saturated rings. The molecule has 80 valence electrons. The van der Waals surface area contributed by atoms with Crippen LogP contribution in [0.2, 0.25) is 0 Å². The summed E-state index contributed by atoms with van der Waals surface area (Å²) in [6, 6.07) is 11.8. The standard InChI is InChI=1S/C13H11NO2/c14-10-5-6-13(16)12(7-10)11-4-2-1-3-9(11)8-15/h1-8,16H,14H2. The van der Waals surface area contributed by atoms with Crippen molar-refractivity contribution in [2.24, 2.45) is 0 Å². The summed E-state index contributed by atoms with van der Waals surface area (Å²) in [4.78, 5) is 10.9. The molecule has 0 heterocycles. The molecule has 0 bridgehead atoms. The number of nitrogen functional groups attached to an aromatic ring is 1. The Morgan fingerprint density at radius 2 is 1.81 bits per heavy atom. The van der Waals surface area contributed by atoms with Gasteiger partial charge in [0.15, 0.2) is 6.29 Å². The van der Waals surface area contributed by atoms with E-state index in [1.54, 1.807) is 30.3 Å². The van der Waals surface area contributed by atoms with E-state index in [4.69, 9.17) is 5.73 Å². The van der Waals surface area contributed by atoms with Gasteiger partial charge in [-0.3, -0.25) is 4.79 Å². The van der Waals surface area contributed by atoms with Crippen LogP contribution in [0.4, 0.5) is 5.69 Å². The fourth-order valence-electron chi connectivity index (χ4n) is 1.61. The van der Waals surface area contributed by atoms with Gasteiger partial charge in [-0.2, -0.15) is 0 Å². The van der Waals surface area contributed by atoms with E-state index in [9.17, 15) is 9.90 Å². The number of nitrogens with two attached hydrogens (primary N) is 1. The molecule has 0 aromatic heterocycles. The highest BCUT2D eigenvalue weighted by molar-refractivity contribution is 5.89. The average Bonchev–Trinajstić information content (AvgIpc) is 2.32. The topological polar surface area (TPSA) is 63.3 Å². The SMILES string of the molecule is Nc1ccc(O)c(-c2ccccc2C=O)c1. The summed E-state index contributed by atoms with van der Waals surface area (Å²) in [6.45, 7) is 0. The van der Waals surface area contributed by atoms with Crippen LogP contribution in [0, 0.1) is 0 Å². The van der Waals surface area contributed by atoms with Gasteiger partial charge in [-0.05, 0) is 23.8 Å². The highest BCUT2D eigenvalue weighted by Gasteiger charge is 2.08. The molecule has 0 unspecified atom stereocenters. The minimum Gasteiger partial charge on any atom is -0.507 e. The molecule has 0 aliphatic heterocycles. The van der Waals surface area contributed by atoms with Crippen molar-refractivity contribution in [3.63, 3.8) is 0 Å². The van der Waals surface area contributed by atoms with Gasteiger partial charge in [0.25, 0.3) is 0 Å². The molecule has 3 N–H and O–H groups in total. The normalized spacial score (nSPS) is 10.0. The first-order chi connectivity index (χ1) is 7.72. The molecular weight excluding hydrogens is 202 g/mol. The lowest BCUT2D eigenvalue weighted by Gasteiger charge is -2.07. The Balaban J connectivity index is 2.66. The highest BCUT2D eigenvalue weighted by atomic mass is 16.3. The van der Waals surface area contributed by atoms with Crippen molar-refractivity contribution in [1.29, 1.82) is 0 Å². The first kappa shape index (κ1) is 10.2. The zero-order valence-corrected chi connectivity index (χ0v) is 8.55. The molecule has 2 rings (SSSR count). The Labute approximate surface area is 93.1 Å². The summed E-state index contributed by atoms with van der Waals surface area (Å²) in [5, 5.41) is 9.74. The maximum absolute atomic E-state index is 10.9. The van der Waals surface area contributed by atoms with E-state index < -0.39 is 0 Å². The van der Waals surface area contributed by atoms with Crippen LogP contribution in [-0.2, 0) is 0 Å². The Kier molecular flexibility index (Phi) is 2.60. The van der Waals surface area contributed by atoms with E-state index in [2.05, 4.69) is 0 Å². The summed E-state index contributed by atoms with van der Waals surface area (Å²) in [5.41, 5.74) is 7.99. The molecule has 0 atom stereocenters. The van der Waals surface area contributed by atoms with Crippen LogP contribution in [0.5, 0.6) is 5.75 Å². The lowest BCUT2D eigenvalue weighted by Crippen LogP contribution is -1.90. The Bertz CT molecular complexity index is 535. The number of rotatable bonds is 2. The Hall–Kier alpha value is -2.29. The molecule has 3 heteroatoms. The monoisotopic (exact) mass is 213 g/mol. The molecule has 0 saturated carbocycles. The quantitative estimate of drug-likeness (QED) is 0.457. The zero-order chi connectivity index (χ0) is 11.5. The van der Waals surface area contributed by atoms with Gasteiger partial charge in [0.2, 0.25) is 0 Å². The van der Waals surface area contributed by atoms with Gasteiger partial charge in [-0.15, -0.1) is 0 Å². The fourth-order valence-corrected chi connectivity index (χ4v) is 1.61. The first-order valence-electron chi connectivity index (χ1n) is 4.85. The molecule has 16 heavy (non-hydrogen) atoms. The van der Waals surface area contributed by atoms with Crippen molar-refractivity contribution in [2.75, 3.05) is 5.73 Å². The summed E-state index contributed by atoms with van der Waals surface area (Å²) in [6.07, 6.45) is 0.762. The largest absolute Gasteiger partial charge is 0.507 e. The molecule has 0 amide bonds. The summed E-state index contributed by atoms with van der Waals surface area (Å²) in [7, 11) is 0. The Morgan fingerprint density at radius 1 is 1.06 bits per heavy atom. The van der Waals surface area contributed by atoms with Crippen molar-refractivity contribution in [3.05, 3.63) is 48.0 Å². The number of phenols is 1. The van der Waals surface area contributed by atoms with E-state index in [0.29, 0.717) is 22.4 Å². The highest BCUT2D eigenvalue weighted by Crippen LogP contribution is 2.32. The van der Waals surface area contributed by atoms with Gasteiger partial charge >= 0.3 is 0 Å². The Morgan fingerprint density at radius 3 is 2.56 bits per heavy atom. The second-order valence-corrected chi connectivity index (χ2v) is 3.48. The van der Waals surface area contributed by atoms with Crippen molar-refractivity contribution < 1.29 is 9.90 Å². The van der Waals surface area contributed by atoms with Crippen LogP contribution in [0.15, 0.2) is 42.5 Å². The number of anilines is 1. The van der Waals surface area contributed by atoms with Gasteiger partial charge in [0.05, 0.1) is 0 Å². The van der Waals surface area contributed by atoms with Crippen LogP contribution in [0.1, 0.15) is 10.4 Å². The van der Waals surface area contributed by atoms with Crippen molar-refractivity contribution in [2.45, 2.75) is 0 Å². The average molecular weight is 213 g/mol. The van der Waals surface area contributed by atoms with Gasteiger partial charge in [-0.25, -0.2) is 0 Å². The third-order valence-corrected chi connectivity index (χ3v) is 2.40. The van der Waals surface area contributed by atoms with E-state index in [1.165, 1.54) is 6.07 Å². The number of hydrogen-bond donors (Lipinski definition) is 2. The maximum atomic E-state index is 10.9. The number of benzene rings is 2. The minimum atomic E-state index is 0.114. The van der Waals surface area contributed by atoms with E-state index in [0.717, 1.165) is 6.29 Å². The van der Waals surface area contributed by atoms with Crippen molar-refractivity contribution in [1.82, 2.24) is 0 Å². The van der Waals surface area contributed by atoms with Gasteiger partial charge in [-0.1, -0.05) is 24.3 Å². The first-order valence-corrected chi connectivity index (χ1v) is 4.85.